The van der Waals surface area contributed by atoms with Crippen molar-refractivity contribution < 1.29 is 18.0 Å². The minimum Gasteiger partial charge on any atom is -0.367 e. The summed E-state index contributed by atoms with van der Waals surface area (Å²) in [5.74, 6) is -0.412. The molecule has 0 atom stereocenters. The predicted octanol–water partition coefficient (Wildman–Crippen LogP) is 3.26. The monoisotopic (exact) mass is 416 g/mol. The molecule has 29 heavy (non-hydrogen) atoms. The van der Waals surface area contributed by atoms with Crippen molar-refractivity contribution in [2.45, 2.75) is 57.9 Å². The molecule has 1 aliphatic heterocycles. The highest BCUT2D eigenvalue weighted by Crippen LogP contribution is 2.33. The van der Waals surface area contributed by atoms with Crippen molar-refractivity contribution in [1.29, 1.82) is 0 Å². The van der Waals surface area contributed by atoms with Crippen molar-refractivity contribution in [3.05, 3.63) is 46.0 Å². The Bertz CT molecular complexity index is 953. The molecule has 1 N–H and O–H groups in total. The number of rotatable bonds is 4. The van der Waals surface area contributed by atoms with Crippen LogP contribution in [0, 0.1) is 5.92 Å². The summed E-state index contributed by atoms with van der Waals surface area (Å²) in [7, 11) is -4.10. The molecule has 2 aliphatic carbocycles. The number of carbonyl (C=O) groups is 2. The Morgan fingerprint density at radius 2 is 1.48 bits per heavy atom. The van der Waals surface area contributed by atoms with Crippen molar-refractivity contribution in [2.75, 3.05) is 13.1 Å². The van der Waals surface area contributed by atoms with Crippen molar-refractivity contribution in [2.24, 2.45) is 5.92 Å². The molecule has 2 fully saturated rings. The lowest BCUT2D eigenvalue weighted by atomic mass is 9.90. The first-order valence-corrected chi connectivity index (χ1v) is 12.1. The van der Waals surface area contributed by atoms with E-state index in [9.17, 15) is 18.0 Å². The van der Waals surface area contributed by atoms with Gasteiger partial charge >= 0.3 is 0 Å². The molecule has 1 heterocycles. The van der Waals surface area contributed by atoms with Gasteiger partial charge in [-0.05, 0) is 31.6 Å². The number of piperidine rings is 1. The summed E-state index contributed by atoms with van der Waals surface area (Å²) in [5.41, 5.74) is 0.530. The van der Waals surface area contributed by atoms with E-state index in [1.807, 2.05) is 4.90 Å². The summed E-state index contributed by atoms with van der Waals surface area (Å²) >= 11 is 0. The summed E-state index contributed by atoms with van der Waals surface area (Å²) in [6.07, 6.45) is 6.32. The second-order valence-corrected chi connectivity index (χ2v) is 10.2. The molecule has 4 rings (SSSR count). The van der Waals surface area contributed by atoms with Crippen LogP contribution in [0.25, 0.3) is 0 Å². The van der Waals surface area contributed by atoms with Crippen LogP contribution in [0.5, 0.6) is 0 Å². The summed E-state index contributed by atoms with van der Waals surface area (Å²) < 4.78 is 29.5. The molecule has 1 saturated carbocycles. The molecule has 1 aromatic carbocycles. The smallest absolute Gasteiger partial charge is 0.246 e. The molecule has 6 nitrogen and oxygen atoms in total. The van der Waals surface area contributed by atoms with Crippen molar-refractivity contribution in [3.63, 3.8) is 0 Å². The first-order valence-electron chi connectivity index (χ1n) is 10.6. The van der Waals surface area contributed by atoms with Crippen molar-refractivity contribution in [3.8, 4) is 0 Å². The number of Topliss-reactive ketones (excluding diaryl/α,β-unsaturated/α-hetero) is 2. The van der Waals surface area contributed by atoms with E-state index < -0.39 is 15.8 Å². The molecule has 156 valence electrons. The molecule has 0 radical (unpaired) electrons. The number of fused-ring (bicyclic) bond motifs is 1. The predicted molar refractivity (Wildman–Crippen MR) is 111 cm³/mol. The highest BCUT2D eigenvalue weighted by atomic mass is 32.2. The molecule has 7 heteroatoms. The van der Waals surface area contributed by atoms with Gasteiger partial charge in [0, 0.05) is 30.3 Å². The molecule has 0 amide bonds. The maximum absolute atomic E-state index is 13.4. The Morgan fingerprint density at radius 3 is 2.10 bits per heavy atom. The number of ketones is 2. The largest absolute Gasteiger partial charge is 0.367 e. The third kappa shape index (κ3) is 3.90. The van der Waals surface area contributed by atoms with Gasteiger partial charge in [0.2, 0.25) is 21.6 Å². The van der Waals surface area contributed by atoms with E-state index in [0.29, 0.717) is 24.6 Å². The zero-order valence-electron chi connectivity index (χ0n) is 16.8. The van der Waals surface area contributed by atoms with Gasteiger partial charge in [-0.3, -0.25) is 9.59 Å². The standard InChI is InChI=1S/C22H28N2O4S/c1-15-11-13-24(14-12-15)19-20(25)17-9-5-6-10-18(17)21(26)22(19)29(27,28)23-16-7-3-2-4-8-16/h5-6,9-10,15-16,23H,2-4,7-8,11-14H2,1H3. The van der Waals surface area contributed by atoms with Gasteiger partial charge in [-0.15, -0.1) is 0 Å². The number of allylic oxidation sites excluding steroid dienone is 2. The molecule has 1 aromatic rings. The van der Waals surface area contributed by atoms with E-state index in [-0.39, 0.29) is 28.0 Å². The summed E-state index contributed by atoms with van der Waals surface area (Å²) in [4.78, 5) is 28.1. The third-order valence-electron chi connectivity index (χ3n) is 6.35. The fraction of sp³-hybridized carbons (Fsp3) is 0.545. The molecule has 3 aliphatic rings. The fourth-order valence-corrected chi connectivity index (χ4v) is 6.23. The van der Waals surface area contributed by atoms with E-state index in [1.54, 1.807) is 24.3 Å². The summed E-state index contributed by atoms with van der Waals surface area (Å²) in [6, 6.07) is 6.35. The molecule has 0 aromatic heterocycles. The number of benzene rings is 1. The van der Waals surface area contributed by atoms with Crippen LogP contribution in [0.15, 0.2) is 34.9 Å². The molecule has 0 spiro atoms. The maximum atomic E-state index is 13.4. The van der Waals surface area contributed by atoms with Crippen LogP contribution in [0.4, 0.5) is 0 Å². The molecular formula is C22H28N2O4S. The SMILES string of the molecule is CC1CCN(C2=C(S(=O)(=O)NC3CCCCC3)C(=O)c3ccccc3C2=O)CC1. The van der Waals surface area contributed by atoms with Gasteiger partial charge in [0.15, 0.2) is 4.91 Å². The Hall–Kier alpha value is -1.99. The topological polar surface area (TPSA) is 83.6 Å². The quantitative estimate of drug-likeness (QED) is 0.815. The number of hydrogen-bond acceptors (Lipinski definition) is 5. The lowest BCUT2D eigenvalue weighted by Crippen LogP contribution is -2.44. The van der Waals surface area contributed by atoms with Gasteiger partial charge in [0.05, 0.1) is 0 Å². The van der Waals surface area contributed by atoms with Crippen LogP contribution in [-0.4, -0.2) is 44.0 Å². The molecule has 0 bridgehead atoms. The van der Waals surface area contributed by atoms with Gasteiger partial charge < -0.3 is 4.90 Å². The van der Waals surface area contributed by atoms with Crippen LogP contribution in [0.3, 0.4) is 0 Å². The van der Waals surface area contributed by atoms with Crippen LogP contribution in [0.2, 0.25) is 0 Å². The van der Waals surface area contributed by atoms with Crippen molar-refractivity contribution in [1.82, 2.24) is 9.62 Å². The van der Waals surface area contributed by atoms with E-state index in [4.69, 9.17) is 0 Å². The third-order valence-corrected chi connectivity index (χ3v) is 7.91. The van der Waals surface area contributed by atoms with Crippen LogP contribution < -0.4 is 4.72 Å². The van der Waals surface area contributed by atoms with E-state index in [0.717, 1.165) is 44.9 Å². The van der Waals surface area contributed by atoms with Gasteiger partial charge in [-0.2, -0.15) is 0 Å². The second kappa shape index (κ2) is 8.03. The van der Waals surface area contributed by atoms with Crippen LogP contribution in [-0.2, 0) is 10.0 Å². The Morgan fingerprint density at radius 1 is 0.897 bits per heavy atom. The fourth-order valence-electron chi connectivity index (χ4n) is 4.61. The average molecular weight is 417 g/mol. The van der Waals surface area contributed by atoms with E-state index >= 15 is 0 Å². The minimum absolute atomic E-state index is 0.0592. The minimum atomic E-state index is -4.10. The Balaban J connectivity index is 1.79. The number of carbonyl (C=O) groups excluding carboxylic acids is 2. The lowest BCUT2D eigenvalue weighted by molar-refractivity contribution is 0.0932. The Labute approximate surface area is 172 Å². The summed E-state index contributed by atoms with van der Waals surface area (Å²) in [6.45, 7) is 3.32. The first kappa shape index (κ1) is 20.3. The van der Waals surface area contributed by atoms with Gasteiger partial charge in [0.25, 0.3) is 0 Å². The van der Waals surface area contributed by atoms with E-state index in [1.165, 1.54) is 0 Å². The normalized spacial score (nSPS) is 22.2. The second-order valence-electron chi connectivity index (χ2n) is 8.51. The zero-order chi connectivity index (χ0) is 20.6. The highest BCUT2D eigenvalue weighted by Gasteiger charge is 2.42. The average Bonchev–Trinajstić information content (AvgIpc) is 2.71. The highest BCUT2D eigenvalue weighted by molar-refractivity contribution is 7.94. The number of nitrogens with zero attached hydrogens (tertiary/aromatic N) is 1. The summed E-state index contributed by atoms with van der Waals surface area (Å²) in [5, 5.41) is 0. The van der Waals surface area contributed by atoms with Crippen LogP contribution >= 0.6 is 0 Å². The van der Waals surface area contributed by atoms with Crippen LogP contribution in [0.1, 0.15) is 72.6 Å². The number of nitrogens with one attached hydrogen (secondary N) is 1. The number of likely N-dealkylation sites (tertiary alicyclic amines) is 1. The first-order chi connectivity index (χ1) is 13.9. The lowest BCUT2D eigenvalue weighted by Gasteiger charge is -2.36. The molecule has 1 saturated heterocycles. The van der Waals surface area contributed by atoms with Gasteiger partial charge in [-0.1, -0.05) is 50.5 Å². The Kier molecular flexibility index (Phi) is 5.62. The number of sulfonamides is 1. The maximum Gasteiger partial charge on any atom is 0.246 e. The molecule has 0 unspecified atom stereocenters. The van der Waals surface area contributed by atoms with Gasteiger partial charge in [-0.25, -0.2) is 13.1 Å². The number of hydrogen-bond donors (Lipinski definition) is 1. The van der Waals surface area contributed by atoms with Gasteiger partial charge in [0.1, 0.15) is 5.70 Å². The molecular weight excluding hydrogens is 388 g/mol. The van der Waals surface area contributed by atoms with Crippen molar-refractivity contribution >= 4 is 21.6 Å². The van der Waals surface area contributed by atoms with E-state index in [2.05, 4.69) is 11.6 Å². The zero-order valence-corrected chi connectivity index (χ0v) is 17.6.